The summed E-state index contributed by atoms with van der Waals surface area (Å²) in [5.41, 5.74) is 1.33. The third-order valence-corrected chi connectivity index (χ3v) is 7.53. The first-order valence-electron chi connectivity index (χ1n) is 10.1. The van der Waals surface area contributed by atoms with Crippen LogP contribution in [-0.4, -0.2) is 44.9 Å². The van der Waals surface area contributed by atoms with Gasteiger partial charge in [0.2, 0.25) is 10.0 Å². The number of hydrogen-bond acceptors (Lipinski definition) is 4. The van der Waals surface area contributed by atoms with Crippen LogP contribution in [0.3, 0.4) is 0 Å². The van der Waals surface area contributed by atoms with Crippen molar-refractivity contribution in [1.29, 1.82) is 0 Å². The molecule has 0 aliphatic carbocycles. The summed E-state index contributed by atoms with van der Waals surface area (Å²) in [6.45, 7) is 1.99. The average Bonchev–Trinajstić information content (AvgIpc) is 2.78. The van der Waals surface area contributed by atoms with Crippen LogP contribution >= 0.6 is 0 Å². The van der Waals surface area contributed by atoms with Gasteiger partial charge >= 0.3 is 0 Å². The van der Waals surface area contributed by atoms with Crippen molar-refractivity contribution in [1.82, 2.24) is 9.62 Å². The molecule has 4 rings (SSSR count). The van der Waals surface area contributed by atoms with Gasteiger partial charge in [0.05, 0.1) is 17.1 Å². The van der Waals surface area contributed by atoms with E-state index < -0.39 is 10.0 Å². The average molecular weight is 415 g/mol. The van der Waals surface area contributed by atoms with Crippen molar-refractivity contribution >= 4 is 15.9 Å². The fourth-order valence-corrected chi connectivity index (χ4v) is 5.68. The van der Waals surface area contributed by atoms with Crippen LogP contribution in [-0.2, 0) is 16.4 Å². The zero-order valence-electron chi connectivity index (χ0n) is 16.3. The highest BCUT2D eigenvalue weighted by molar-refractivity contribution is 7.89. The lowest BCUT2D eigenvalue weighted by molar-refractivity contribution is 0.0935. The van der Waals surface area contributed by atoms with Crippen molar-refractivity contribution < 1.29 is 17.9 Å². The van der Waals surface area contributed by atoms with Gasteiger partial charge in [0.1, 0.15) is 5.75 Å². The van der Waals surface area contributed by atoms with Crippen LogP contribution in [0, 0.1) is 5.92 Å². The van der Waals surface area contributed by atoms with Crippen LogP contribution in [0.25, 0.3) is 0 Å². The monoisotopic (exact) mass is 414 g/mol. The fraction of sp³-hybridized carbons (Fsp3) is 0.409. The van der Waals surface area contributed by atoms with Crippen LogP contribution in [0.2, 0.25) is 0 Å². The van der Waals surface area contributed by atoms with Crippen LogP contribution in [0.4, 0.5) is 0 Å². The van der Waals surface area contributed by atoms with Gasteiger partial charge in [-0.1, -0.05) is 36.8 Å². The number of carbonyl (C=O) groups excluding carboxylic acids is 1. The molecule has 1 N–H and O–H groups in total. The molecule has 0 bridgehead atoms. The number of rotatable bonds is 5. The summed E-state index contributed by atoms with van der Waals surface area (Å²) in [4.78, 5) is 12.9. The number of para-hydroxylation sites is 1. The molecule has 6 nitrogen and oxygen atoms in total. The first kappa shape index (κ1) is 19.9. The molecule has 0 radical (unpaired) electrons. The predicted octanol–water partition coefficient (Wildman–Crippen LogP) is 2.84. The molecule has 2 aliphatic rings. The number of ether oxygens (including phenoxy) is 1. The first-order chi connectivity index (χ1) is 14.1. The number of nitrogens with one attached hydrogen (secondary N) is 1. The molecular formula is C22H26N2O4S. The Hall–Kier alpha value is -2.38. The Morgan fingerprint density at radius 3 is 2.59 bits per heavy atom. The summed E-state index contributed by atoms with van der Waals surface area (Å²) in [7, 11) is -3.67. The first-order valence-corrected chi connectivity index (χ1v) is 11.6. The van der Waals surface area contributed by atoms with E-state index in [1.165, 1.54) is 10.4 Å². The van der Waals surface area contributed by atoms with Crippen LogP contribution < -0.4 is 10.1 Å². The minimum atomic E-state index is -3.67. The number of benzene rings is 2. The maximum absolute atomic E-state index is 13.1. The third kappa shape index (κ3) is 4.31. The summed E-state index contributed by atoms with van der Waals surface area (Å²) < 4.78 is 33.4. The van der Waals surface area contributed by atoms with Gasteiger partial charge in [0.25, 0.3) is 5.91 Å². The van der Waals surface area contributed by atoms with Crippen molar-refractivity contribution in [2.75, 3.05) is 26.2 Å². The summed E-state index contributed by atoms with van der Waals surface area (Å²) >= 11 is 0. The molecular weight excluding hydrogens is 388 g/mol. The minimum Gasteiger partial charge on any atom is -0.493 e. The maximum Gasteiger partial charge on any atom is 0.252 e. The largest absolute Gasteiger partial charge is 0.493 e. The standard InChI is InChI=1S/C22H26N2O4S/c25-22(23-15-17-14-18-8-2-4-10-20(18)28-16-17)19-9-3-5-11-21(19)29(26,27)24-12-6-1-7-13-24/h2-5,8-11,17H,1,6-7,12-16H2,(H,23,25). The number of sulfonamides is 1. The second kappa shape index (κ2) is 8.55. The normalized spacial score (nSPS) is 19.8. The van der Waals surface area contributed by atoms with Gasteiger partial charge in [0.15, 0.2) is 0 Å². The molecule has 154 valence electrons. The molecule has 2 aliphatic heterocycles. The summed E-state index contributed by atoms with van der Waals surface area (Å²) in [5.74, 6) is 0.688. The summed E-state index contributed by atoms with van der Waals surface area (Å²) in [6.07, 6.45) is 3.58. The lowest BCUT2D eigenvalue weighted by atomic mass is 9.96. The van der Waals surface area contributed by atoms with Gasteiger partial charge in [0, 0.05) is 25.6 Å². The number of piperidine rings is 1. The van der Waals surface area contributed by atoms with E-state index in [0.29, 0.717) is 26.2 Å². The summed E-state index contributed by atoms with van der Waals surface area (Å²) in [6, 6.07) is 14.4. The van der Waals surface area contributed by atoms with Gasteiger partial charge in [-0.3, -0.25) is 4.79 Å². The minimum absolute atomic E-state index is 0.0876. The molecule has 2 heterocycles. The second-order valence-corrected chi connectivity index (χ2v) is 9.57. The highest BCUT2D eigenvalue weighted by Crippen LogP contribution is 2.27. The van der Waals surface area contributed by atoms with E-state index in [4.69, 9.17) is 4.74 Å². The van der Waals surface area contributed by atoms with Crippen molar-refractivity contribution in [3.05, 3.63) is 59.7 Å². The number of hydrogen-bond donors (Lipinski definition) is 1. The number of carbonyl (C=O) groups is 1. The van der Waals surface area contributed by atoms with E-state index in [1.807, 2.05) is 24.3 Å². The van der Waals surface area contributed by atoms with E-state index in [-0.39, 0.29) is 22.3 Å². The van der Waals surface area contributed by atoms with Crippen molar-refractivity contribution in [2.24, 2.45) is 5.92 Å². The van der Waals surface area contributed by atoms with E-state index in [0.717, 1.165) is 37.0 Å². The van der Waals surface area contributed by atoms with E-state index in [9.17, 15) is 13.2 Å². The van der Waals surface area contributed by atoms with Crippen LogP contribution in [0.1, 0.15) is 35.2 Å². The Balaban J connectivity index is 1.46. The highest BCUT2D eigenvalue weighted by atomic mass is 32.2. The van der Waals surface area contributed by atoms with Crippen molar-refractivity contribution in [3.63, 3.8) is 0 Å². The topological polar surface area (TPSA) is 75.7 Å². The smallest absolute Gasteiger partial charge is 0.252 e. The Morgan fingerprint density at radius 2 is 1.76 bits per heavy atom. The molecule has 7 heteroatoms. The van der Waals surface area contributed by atoms with Gasteiger partial charge in [-0.15, -0.1) is 0 Å². The SMILES string of the molecule is O=C(NCC1COc2ccccc2C1)c1ccccc1S(=O)(=O)N1CCCCC1. The molecule has 1 fully saturated rings. The van der Waals surface area contributed by atoms with Gasteiger partial charge in [-0.25, -0.2) is 8.42 Å². The lowest BCUT2D eigenvalue weighted by Gasteiger charge is -2.27. The van der Waals surface area contributed by atoms with E-state index in [1.54, 1.807) is 18.2 Å². The lowest BCUT2D eigenvalue weighted by Crippen LogP contribution is -2.38. The molecule has 29 heavy (non-hydrogen) atoms. The Morgan fingerprint density at radius 1 is 1.03 bits per heavy atom. The molecule has 1 amide bonds. The molecule has 0 spiro atoms. The molecule has 2 aromatic rings. The Kier molecular flexibility index (Phi) is 5.87. The molecule has 1 atom stereocenters. The molecule has 0 saturated carbocycles. The van der Waals surface area contributed by atoms with Gasteiger partial charge in [-0.05, 0) is 43.0 Å². The number of nitrogens with zero attached hydrogens (tertiary/aromatic N) is 1. The third-order valence-electron chi connectivity index (χ3n) is 5.57. The molecule has 1 unspecified atom stereocenters. The van der Waals surface area contributed by atoms with Crippen molar-refractivity contribution in [2.45, 2.75) is 30.6 Å². The Labute approximate surface area is 171 Å². The number of amides is 1. The Bertz CT molecular complexity index is 984. The highest BCUT2D eigenvalue weighted by Gasteiger charge is 2.30. The zero-order valence-corrected chi connectivity index (χ0v) is 17.2. The predicted molar refractivity (Wildman–Crippen MR) is 111 cm³/mol. The quantitative estimate of drug-likeness (QED) is 0.816. The fourth-order valence-electron chi connectivity index (χ4n) is 3.98. The molecule has 2 aromatic carbocycles. The van der Waals surface area contributed by atoms with E-state index in [2.05, 4.69) is 5.32 Å². The van der Waals surface area contributed by atoms with Gasteiger partial charge < -0.3 is 10.1 Å². The molecule has 0 aromatic heterocycles. The number of fused-ring (bicyclic) bond motifs is 1. The maximum atomic E-state index is 13.1. The zero-order chi connectivity index (χ0) is 20.3. The van der Waals surface area contributed by atoms with E-state index >= 15 is 0 Å². The molecule has 1 saturated heterocycles. The second-order valence-electron chi connectivity index (χ2n) is 7.66. The summed E-state index contributed by atoms with van der Waals surface area (Å²) in [5, 5.41) is 2.91. The van der Waals surface area contributed by atoms with Crippen LogP contribution in [0.5, 0.6) is 5.75 Å². The van der Waals surface area contributed by atoms with Crippen molar-refractivity contribution in [3.8, 4) is 5.75 Å². The van der Waals surface area contributed by atoms with Crippen LogP contribution in [0.15, 0.2) is 53.4 Å². The van der Waals surface area contributed by atoms with Gasteiger partial charge in [-0.2, -0.15) is 4.31 Å².